The molecule has 0 aromatic carbocycles. The number of carbonyl (C=O) groups is 3. The van der Waals surface area contributed by atoms with Crippen LogP contribution in [0.25, 0.3) is 0 Å². The number of rotatable bonds is 4. The Labute approximate surface area is 126 Å². The lowest BCUT2D eigenvalue weighted by Crippen LogP contribution is -2.52. The van der Waals surface area contributed by atoms with Gasteiger partial charge in [0.1, 0.15) is 6.04 Å². The molecule has 1 saturated heterocycles. The lowest BCUT2D eigenvalue weighted by Gasteiger charge is -2.21. The van der Waals surface area contributed by atoms with Crippen LogP contribution >= 0.6 is 0 Å². The predicted octanol–water partition coefficient (Wildman–Crippen LogP) is 2.41. The number of amides is 3. The van der Waals surface area contributed by atoms with E-state index in [1.54, 1.807) is 0 Å². The summed E-state index contributed by atoms with van der Waals surface area (Å²) in [6.07, 6.45) is 4.32. The number of imide groups is 1. The Morgan fingerprint density at radius 3 is 2.62 bits per heavy atom. The van der Waals surface area contributed by atoms with Crippen molar-refractivity contribution in [2.24, 2.45) is 0 Å². The molecular formula is C15H25FN2O3. The summed E-state index contributed by atoms with van der Waals surface area (Å²) < 4.78 is 12.4. The van der Waals surface area contributed by atoms with Crippen molar-refractivity contribution in [2.45, 2.75) is 39.7 Å². The van der Waals surface area contributed by atoms with Crippen molar-refractivity contribution in [3.63, 3.8) is 0 Å². The zero-order valence-corrected chi connectivity index (χ0v) is 12.5. The predicted molar refractivity (Wildman–Crippen MR) is 83.0 cm³/mol. The molecule has 0 spiro atoms. The molecule has 1 atom stereocenters. The summed E-state index contributed by atoms with van der Waals surface area (Å²) in [5.74, 6) is -1.80. The van der Waals surface area contributed by atoms with Gasteiger partial charge in [0, 0.05) is 14.8 Å². The molecule has 2 N–H and O–H groups in total. The fourth-order valence-corrected chi connectivity index (χ4v) is 1.45. The van der Waals surface area contributed by atoms with Gasteiger partial charge in [0.05, 0.1) is 5.83 Å². The summed E-state index contributed by atoms with van der Waals surface area (Å²) in [6, 6.07) is -0.742. The molecule has 0 aliphatic carbocycles. The molecule has 0 radical (unpaired) electrons. The third-order valence-electron chi connectivity index (χ3n) is 2.46. The summed E-state index contributed by atoms with van der Waals surface area (Å²) in [7, 11) is 0. The van der Waals surface area contributed by atoms with Gasteiger partial charge in [-0.05, 0) is 25.5 Å². The van der Waals surface area contributed by atoms with Crippen LogP contribution in [0.4, 0.5) is 4.39 Å². The highest BCUT2D eigenvalue weighted by molar-refractivity contribution is 6.04. The second-order valence-corrected chi connectivity index (χ2v) is 4.11. The molecule has 120 valence electrons. The zero-order valence-electron chi connectivity index (χ0n) is 12.5. The van der Waals surface area contributed by atoms with E-state index in [0.717, 1.165) is 0 Å². The Kier molecular flexibility index (Phi) is 8.60. The highest BCUT2D eigenvalue weighted by atomic mass is 19.1. The lowest BCUT2D eigenvalue weighted by molar-refractivity contribution is -0.136. The van der Waals surface area contributed by atoms with E-state index in [1.807, 2.05) is 13.8 Å². The Balaban J connectivity index is -0.000000960. The summed E-state index contributed by atoms with van der Waals surface area (Å²) in [5.41, 5.74) is 0.0993. The molecule has 1 unspecified atom stereocenters. The molecule has 1 fully saturated rings. The van der Waals surface area contributed by atoms with E-state index in [-0.39, 0.29) is 27.2 Å². The van der Waals surface area contributed by atoms with Gasteiger partial charge in [-0.3, -0.25) is 19.7 Å². The molecule has 5 nitrogen and oxygen atoms in total. The molecule has 3 amide bonds. The SMILES string of the molecule is C=C(/C=C\C=C(/C)F)C(=O)NC1CCC(=O)NC1=O.CC.[HH].[HH]. The van der Waals surface area contributed by atoms with Crippen molar-refractivity contribution in [3.05, 3.63) is 36.2 Å². The highest BCUT2D eigenvalue weighted by Gasteiger charge is 2.27. The van der Waals surface area contributed by atoms with Crippen molar-refractivity contribution in [1.29, 1.82) is 0 Å². The van der Waals surface area contributed by atoms with Gasteiger partial charge >= 0.3 is 0 Å². The first kappa shape index (κ1) is 18.8. The summed E-state index contributed by atoms with van der Waals surface area (Å²) in [4.78, 5) is 34.0. The molecule has 0 aromatic heterocycles. The van der Waals surface area contributed by atoms with Crippen molar-refractivity contribution >= 4 is 17.7 Å². The highest BCUT2D eigenvalue weighted by Crippen LogP contribution is 2.06. The quantitative estimate of drug-likeness (QED) is 0.475. The summed E-state index contributed by atoms with van der Waals surface area (Å²) in [6.45, 7) is 8.78. The van der Waals surface area contributed by atoms with Gasteiger partial charge in [0.2, 0.25) is 11.8 Å². The fourth-order valence-electron chi connectivity index (χ4n) is 1.45. The number of halogens is 1. The minimum absolute atomic E-state index is 0. The average Bonchev–Trinajstić information content (AvgIpc) is 2.43. The van der Waals surface area contributed by atoms with Crippen LogP contribution in [0.1, 0.15) is 36.5 Å². The first-order valence-corrected chi connectivity index (χ1v) is 6.74. The van der Waals surface area contributed by atoms with Gasteiger partial charge in [-0.1, -0.05) is 26.5 Å². The minimum atomic E-state index is -0.742. The Hall–Kier alpha value is -2.24. The number of nitrogens with one attached hydrogen (secondary N) is 2. The van der Waals surface area contributed by atoms with Gasteiger partial charge in [0.15, 0.2) is 0 Å². The maximum atomic E-state index is 12.4. The topological polar surface area (TPSA) is 75.3 Å². The summed E-state index contributed by atoms with van der Waals surface area (Å²) in [5, 5.41) is 4.59. The van der Waals surface area contributed by atoms with Crippen molar-refractivity contribution in [2.75, 3.05) is 0 Å². The smallest absolute Gasteiger partial charge is 0.251 e. The lowest BCUT2D eigenvalue weighted by atomic mass is 10.1. The van der Waals surface area contributed by atoms with Gasteiger partial charge in [-0.15, -0.1) is 0 Å². The van der Waals surface area contributed by atoms with Crippen molar-refractivity contribution < 1.29 is 21.6 Å². The van der Waals surface area contributed by atoms with Gasteiger partial charge in [0.25, 0.3) is 5.91 Å². The second kappa shape index (κ2) is 9.63. The number of carbonyl (C=O) groups excluding carboxylic acids is 3. The molecule has 1 aliphatic heterocycles. The Morgan fingerprint density at radius 2 is 2.10 bits per heavy atom. The van der Waals surface area contributed by atoms with E-state index in [4.69, 9.17) is 0 Å². The molecule has 0 aromatic rings. The van der Waals surface area contributed by atoms with Gasteiger partial charge < -0.3 is 5.32 Å². The number of hydrogen-bond donors (Lipinski definition) is 2. The molecule has 1 rings (SSSR count). The van der Waals surface area contributed by atoms with E-state index in [9.17, 15) is 18.8 Å². The van der Waals surface area contributed by atoms with E-state index < -0.39 is 23.7 Å². The number of allylic oxidation sites excluding steroid dienone is 3. The van der Waals surface area contributed by atoms with Crippen LogP contribution in [0.5, 0.6) is 0 Å². The van der Waals surface area contributed by atoms with Crippen LogP contribution in [-0.4, -0.2) is 23.8 Å². The Bertz CT molecular complexity index is 487. The largest absolute Gasteiger partial charge is 0.340 e. The van der Waals surface area contributed by atoms with Gasteiger partial charge in [-0.2, -0.15) is 0 Å². The summed E-state index contributed by atoms with van der Waals surface area (Å²) >= 11 is 0. The van der Waals surface area contributed by atoms with Crippen LogP contribution < -0.4 is 10.6 Å². The van der Waals surface area contributed by atoms with E-state index in [2.05, 4.69) is 17.2 Å². The standard InChI is InChI=1S/C13H15FN2O3.C2H6.2H2/c1-8(4-3-5-9(2)14)12(18)15-10-6-7-11(17)16-13(10)19;1-2;;/h3-5,10H,1,6-7H2,2H3,(H,15,18)(H,16,17,19);1-2H3;2*1H/b4-3-,9-5+;;;. The maximum Gasteiger partial charge on any atom is 0.251 e. The third kappa shape index (κ3) is 7.20. The first-order chi connectivity index (χ1) is 9.90. The molecular weight excluding hydrogens is 275 g/mol. The van der Waals surface area contributed by atoms with Crippen LogP contribution in [-0.2, 0) is 14.4 Å². The second-order valence-electron chi connectivity index (χ2n) is 4.11. The monoisotopic (exact) mass is 300 g/mol. The minimum Gasteiger partial charge on any atom is -0.340 e. The maximum absolute atomic E-state index is 12.4. The van der Waals surface area contributed by atoms with E-state index in [0.29, 0.717) is 0 Å². The molecule has 6 heteroatoms. The zero-order chi connectivity index (χ0) is 16.4. The third-order valence-corrected chi connectivity index (χ3v) is 2.46. The number of hydrogen-bond acceptors (Lipinski definition) is 3. The molecule has 0 saturated carbocycles. The Morgan fingerprint density at radius 1 is 1.48 bits per heavy atom. The van der Waals surface area contributed by atoms with Crippen LogP contribution in [0.15, 0.2) is 36.2 Å². The fraction of sp³-hybridized carbons (Fsp3) is 0.400. The van der Waals surface area contributed by atoms with Crippen LogP contribution in [0.3, 0.4) is 0 Å². The van der Waals surface area contributed by atoms with Crippen LogP contribution in [0.2, 0.25) is 0 Å². The van der Waals surface area contributed by atoms with Crippen LogP contribution in [0, 0.1) is 0 Å². The van der Waals surface area contributed by atoms with E-state index >= 15 is 0 Å². The molecule has 21 heavy (non-hydrogen) atoms. The first-order valence-electron chi connectivity index (χ1n) is 6.74. The van der Waals surface area contributed by atoms with Crippen molar-refractivity contribution in [1.82, 2.24) is 10.6 Å². The van der Waals surface area contributed by atoms with Gasteiger partial charge in [-0.25, -0.2) is 4.39 Å². The molecule has 1 aliphatic rings. The average molecular weight is 300 g/mol. The van der Waals surface area contributed by atoms with E-state index in [1.165, 1.54) is 25.2 Å². The normalized spacial score (nSPS) is 18.7. The molecule has 0 bridgehead atoms. The molecule has 1 heterocycles. The number of piperidine rings is 1. The van der Waals surface area contributed by atoms with Crippen molar-refractivity contribution in [3.8, 4) is 0 Å².